The zero-order chi connectivity index (χ0) is 40.7. The van der Waals surface area contributed by atoms with Crippen LogP contribution >= 0.6 is 0 Å². The van der Waals surface area contributed by atoms with E-state index in [0.717, 1.165) is 68.6 Å². The van der Waals surface area contributed by atoms with Crippen LogP contribution < -0.4 is 10.6 Å². The Bertz CT molecular complexity index is 1290. The predicted molar refractivity (Wildman–Crippen MR) is 240 cm³/mol. The van der Waals surface area contributed by atoms with Gasteiger partial charge in [-0.15, -0.1) is 18.9 Å². The second kappa shape index (κ2) is 31.6. The molecule has 54 heavy (non-hydrogen) atoms. The molecule has 2 unspecified atom stereocenters. The first-order valence-electron chi connectivity index (χ1n) is 21.0. The van der Waals surface area contributed by atoms with Crippen molar-refractivity contribution in [3.63, 3.8) is 0 Å². The minimum Gasteiger partial charge on any atom is -0.391 e. The van der Waals surface area contributed by atoms with Gasteiger partial charge in [-0.2, -0.15) is 0 Å². The number of allylic oxidation sites excluding steroid dienone is 3. The summed E-state index contributed by atoms with van der Waals surface area (Å²) in [6.07, 6.45) is 20.5. The van der Waals surface area contributed by atoms with Crippen molar-refractivity contribution in [1.29, 1.82) is 0 Å². The summed E-state index contributed by atoms with van der Waals surface area (Å²) < 4.78 is 0. The van der Waals surface area contributed by atoms with Gasteiger partial charge in [0.15, 0.2) is 0 Å². The van der Waals surface area contributed by atoms with Crippen LogP contribution in [0.15, 0.2) is 110 Å². The van der Waals surface area contributed by atoms with Gasteiger partial charge < -0.3 is 20.6 Å². The van der Waals surface area contributed by atoms with Gasteiger partial charge in [-0.05, 0) is 76.2 Å². The summed E-state index contributed by atoms with van der Waals surface area (Å²) in [5, 5.41) is 18.8. The number of aliphatic hydroxyl groups excluding tert-OH is 1. The van der Waals surface area contributed by atoms with Crippen LogP contribution in [0.25, 0.3) is 0 Å². The molecule has 3 rings (SSSR count). The summed E-state index contributed by atoms with van der Waals surface area (Å²) in [4.78, 5) is 2.26. The average Bonchev–Trinajstić information content (AvgIpc) is 3.17. The molecule has 2 aromatic carbocycles. The second-order valence-electron chi connectivity index (χ2n) is 15.2. The molecule has 4 heteroatoms. The summed E-state index contributed by atoms with van der Waals surface area (Å²) in [6, 6.07) is 20.8. The molecular weight excluding hydrogens is 659 g/mol. The minimum absolute atomic E-state index is 0.00895. The summed E-state index contributed by atoms with van der Waals surface area (Å²) in [5.41, 5.74) is 5.62. The Kier molecular flexibility index (Phi) is 29.5. The SMILES string of the molecule is C#CCCC(NC(=C)[C@@H](CC(=C)N(C)CCC)Cc1ccccc1)C(=C)N[C@@H](CC1CCCCC1)C(O)CCC(C)C.C=CC.CC.Cc1ccccc1. The van der Waals surface area contributed by atoms with E-state index in [4.69, 9.17) is 6.42 Å². The number of terminal acetylenes is 1. The number of nitrogens with one attached hydrogen (secondary N) is 2. The predicted octanol–water partition coefficient (Wildman–Crippen LogP) is 12.4. The number of aryl methyl sites for hydroxylation is 1. The van der Waals surface area contributed by atoms with E-state index < -0.39 is 6.10 Å². The molecule has 1 fully saturated rings. The van der Waals surface area contributed by atoms with Crippen LogP contribution in [-0.2, 0) is 6.42 Å². The van der Waals surface area contributed by atoms with Gasteiger partial charge >= 0.3 is 0 Å². The third kappa shape index (κ3) is 23.2. The van der Waals surface area contributed by atoms with Gasteiger partial charge in [0.2, 0.25) is 0 Å². The van der Waals surface area contributed by atoms with Crippen LogP contribution in [0.3, 0.4) is 0 Å². The highest BCUT2D eigenvalue weighted by Crippen LogP contribution is 2.30. The molecule has 0 saturated heterocycles. The van der Waals surface area contributed by atoms with Crippen molar-refractivity contribution in [2.45, 2.75) is 150 Å². The Morgan fingerprint density at radius 2 is 1.50 bits per heavy atom. The van der Waals surface area contributed by atoms with Crippen LogP contribution in [0.1, 0.15) is 130 Å². The summed E-state index contributed by atoms with van der Waals surface area (Å²) in [7, 11) is 2.13. The number of rotatable bonds is 21. The maximum Gasteiger partial charge on any atom is 0.0741 e. The fraction of sp³-hybridized carbons (Fsp3) is 0.560. The molecule has 1 aliphatic rings. The molecule has 302 valence electrons. The first-order valence-corrected chi connectivity index (χ1v) is 21.0. The van der Waals surface area contributed by atoms with Crippen LogP contribution in [0.4, 0.5) is 0 Å². The maximum absolute atomic E-state index is 11.3. The Morgan fingerprint density at radius 3 is 2.00 bits per heavy atom. The quantitative estimate of drug-likeness (QED) is 0.0881. The van der Waals surface area contributed by atoms with Crippen LogP contribution in [0.2, 0.25) is 0 Å². The van der Waals surface area contributed by atoms with Crippen molar-refractivity contribution in [2.75, 3.05) is 13.6 Å². The fourth-order valence-electron chi connectivity index (χ4n) is 6.73. The molecule has 0 aromatic heterocycles. The summed E-state index contributed by atoms with van der Waals surface area (Å²) in [6.45, 7) is 32.4. The second-order valence-corrected chi connectivity index (χ2v) is 15.2. The van der Waals surface area contributed by atoms with Crippen molar-refractivity contribution < 1.29 is 5.11 Å². The first kappa shape index (κ1) is 50.3. The van der Waals surface area contributed by atoms with E-state index in [0.29, 0.717) is 18.3 Å². The Morgan fingerprint density at radius 1 is 0.926 bits per heavy atom. The number of nitrogens with zero attached hydrogens (tertiary/aromatic N) is 1. The van der Waals surface area contributed by atoms with Gasteiger partial charge in [0.25, 0.3) is 0 Å². The zero-order valence-electron chi connectivity index (χ0n) is 36.0. The van der Waals surface area contributed by atoms with Gasteiger partial charge in [0, 0.05) is 43.0 Å². The van der Waals surface area contributed by atoms with E-state index in [2.05, 4.69) is 125 Å². The zero-order valence-corrected chi connectivity index (χ0v) is 36.0. The lowest BCUT2D eigenvalue weighted by Crippen LogP contribution is -2.46. The van der Waals surface area contributed by atoms with Crippen molar-refractivity contribution >= 4 is 0 Å². The van der Waals surface area contributed by atoms with Crippen molar-refractivity contribution in [3.05, 3.63) is 121 Å². The average molecular weight is 740 g/mol. The normalized spacial score (nSPS) is 14.4. The van der Waals surface area contributed by atoms with Gasteiger partial charge in [-0.25, -0.2) is 0 Å². The van der Waals surface area contributed by atoms with Crippen LogP contribution in [0.5, 0.6) is 0 Å². The lowest BCUT2D eigenvalue weighted by molar-refractivity contribution is 0.0985. The minimum atomic E-state index is -0.397. The number of hydrogen-bond donors (Lipinski definition) is 3. The standard InChI is InChI=1S/C38H61N3O.C7H8.C3H6.C2H6/c1-9-11-22-36(32(7)40-37(38(42)24-23-29(3)4)28-34-20-16-13-17-21-34)39-31(6)35(26-30(5)41(8)25-10-2)27-33-18-14-12-15-19-33;1-7-5-3-2-4-6-7;1-3-2;1-2/h1,12,14-15,18-19,29,34-40,42H,5-7,10-11,13,16-17,20-28H2,2-4,8H3;2-6H,1H3;3H,1H2,2H3;1-2H3/t35-,36?,37-,38?;;;/m0.../s1. The third-order valence-electron chi connectivity index (χ3n) is 9.88. The number of aliphatic hydroxyl groups is 1. The van der Waals surface area contributed by atoms with Crippen LogP contribution in [0, 0.1) is 37.0 Å². The topological polar surface area (TPSA) is 47.5 Å². The molecule has 0 heterocycles. The van der Waals surface area contributed by atoms with Gasteiger partial charge in [-0.1, -0.05) is 159 Å². The summed E-state index contributed by atoms with van der Waals surface area (Å²) >= 11 is 0. The van der Waals surface area contributed by atoms with E-state index in [1.54, 1.807) is 6.08 Å². The maximum atomic E-state index is 11.3. The van der Waals surface area contributed by atoms with Gasteiger partial charge in [0.05, 0.1) is 18.2 Å². The molecule has 0 bridgehead atoms. The monoisotopic (exact) mass is 740 g/mol. The van der Waals surface area contributed by atoms with E-state index in [9.17, 15) is 5.11 Å². The molecule has 4 nitrogen and oxygen atoms in total. The largest absolute Gasteiger partial charge is 0.391 e. The molecule has 4 atom stereocenters. The number of hydrogen-bond acceptors (Lipinski definition) is 4. The molecule has 0 amide bonds. The highest BCUT2D eigenvalue weighted by molar-refractivity contribution is 5.21. The highest BCUT2D eigenvalue weighted by atomic mass is 16.3. The lowest BCUT2D eigenvalue weighted by atomic mass is 9.82. The van der Waals surface area contributed by atoms with Gasteiger partial charge in [0.1, 0.15) is 0 Å². The van der Waals surface area contributed by atoms with E-state index in [-0.39, 0.29) is 18.0 Å². The Hall–Kier alpha value is -3.68. The van der Waals surface area contributed by atoms with Gasteiger partial charge in [-0.3, -0.25) is 0 Å². The van der Waals surface area contributed by atoms with E-state index in [1.165, 1.54) is 43.2 Å². The highest BCUT2D eigenvalue weighted by Gasteiger charge is 2.27. The third-order valence-corrected chi connectivity index (χ3v) is 9.88. The molecule has 0 spiro atoms. The molecule has 1 saturated carbocycles. The Balaban J connectivity index is 0.00000201. The van der Waals surface area contributed by atoms with E-state index >= 15 is 0 Å². The number of benzene rings is 2. The molecule has 3 N–H and O–H groups in total. The molecular formula is C50H81N3O. The van der Waals surface area contributed by atoms with E-state index in [1.807, 2.05) is 39.0 Å². The fourth-order valence-corrected chi connectivity index (χ4v) is 6.73. The molecule has 0 radical (unpaired) electrons. The van der Waals surface area contributed by atoms with Crippen molar-refractivity contribution in [2.24, 2.45) is 17.8 Å². The van der Waals surface area contributed by atoms with Crippen LogP contribution in [-0.4, -0.2) is 41.8 Å². The Labute approximate surface area is 334 Å². The van der Waals surface area contributed by atoms with Crippen molar-refractivity contribution in [1.82, 2.24) is 15.5 Å². The molecule has 1 aliphatic carbocycles. The lowest BCUT2D eigenvalue weighted by Gasteiger charge is -2.35. The smallest absolute Gasteiger partial charge is 0.0741 e. The molecule has 0 aliphatic heterocycles. The summed E-state index contributed by atoms with van der Waals surface area (Å²) in [5.74, 6) is 4.23. The van der Waals surface area contributed by atoms with Crippen molar-refractivity contribution in [3.8, 4) is 12.3 Å². The first-order chi connectivity index (χ1) is 25.9. The molecule has 2 aromatic rings.